The molecule has 4 heterocycles. The highest BCUT2D eigenvalue weighted by atomic mass is 35.5. The number of ether oxygens (including phenoxy) is 4. The first kappa shape index (κ1) is 50.8. The lowest BCUT2D eigenvalue weighted by Crippen LogP contribution is -2.47. The van der Waals surface area contributed by atoms with Crippen molar-refractivity contribution in [2.24, 2.45) is 5.41 Å². The van der Waals surface area contributed by atoms with Crippen molar-refractivity contribution in [1.29, 1.82) is 0 Å². The van der Waals surface area contributed by atoms with Crippen LogP contribution in [0, 0.1) is 11.2 Å². The van der Waals surface area contributed by atoms with Crippen molar-refractivity contribution in [3.05, 3.63) is 106 Å². The highest BCUT2D eigenvalue weighted by Gasteiger charge is 2.34. The molecule has 0 unspecified atom stereocenters. The van der Waals surface area contributed by atoms with E-state index in [9.17, 15) is 13.2 Å². The summed E-state index contributed by atoms with van der Waals surface area (Å²) in [5, 5.41) is 5.45. The van der Waals surface area contributed by atoms with Gasteiger partial charge in [0.2, 0.25) is 5.88 Å². The number of nitrogens with zero attached hydrogens (tertiary/aromatic N) is 5. The normalized spacial score (nSPS) is 17.8. The Bertz CT molecular complexity index is 2810. The molecule has 13 nitrogen and oxygen atoms in total. The van der Waals surface area contributed by atoms with Gasteiger partial charge in [-0.3, -0.25) is 9.69 Å². The molecule has 0 atom stereocenters. The SMILES string of the molecule is CC1(C)CCC(CN2CCN(c3ccc(C(=O)NS(=O)(=O)c4cnc(OCC5(F)CCOCC5)c(Cl)c4)c(Oc4cc(F)cc5c4cnn5COCC[Si](C)(C)C)c3)CC2)=C(c2ccc(Cl)cc2)C1. The molecule has 1 N–H and O–H groups in total. The molecule has 2 aliphatic heterocycles. The molecule has 1 amide bonds. The number of rotatable bonds is 17. The Labute approximate surface area is 414 Å². The van der Waals surface area contributed by atoms with Crippen LogP contribution in [-0.4, -0.2) is 107 Å². The number of sulfonamides is 1. The third kappa shape index (κ3) is 12.8. The van der Waals surface area contributed by atoms with Crippen LogP contribution in [0.3, 0.4) is 0 Å². The number of pyridine rings is 1. The second-order valence-corrected chi connectivity index (χ2v) is 28.4. The number of piperazine rings is 1. The maximum absolute atomic E-state index is 15.5. The van der Waals surface area contributed by atoms with Crippen LogP contribution in [-0.2, 0) is 26.2 Å². The Morgan fingerprint density at radius 3 is 2.39 bits per heavy atom. The van der Waals surface area contributed by atoms with Crippen molar-refractivity contribution in [2.45, 2.75) is 88.9 Å². The standard InChI is InChI=1S/C50H60Cl2F2N6O7SSi/c1-49(2)13-12-35(41(28-49)34-6-8-36(51)9-7-34)31-58-16-18-59(19-17-58)38-10-11-40(46(26-38)67-45-25-37(53)24-44-42(45)30-56-60(44)33-65-22-23-69(3,4)5)47(61)57-68(62,63)39-27-43(52)48(55-29-39)66-32-50(54)14-20-64-21-15-50/h6-11,24-27,29-30H,12-23,28,31-33H2,1-5H3,(H,57,61). The molecular weight excluding hydrogens is 966 g/mol. The van der Waals surface area contributed by atoms with E-state index in [2.05, 4.69) is 70.2 Å². The molecule has 3 aromatic carbocycles. The predicted octanol–water partition coefficient (Wildman–Crippen LogP) is 10.8. The van der Waals surface area contributed by atoms with E-state index in [0.29, 0.717) is 35.6 Å². The lowest BCUT2D eigenvalue weighted by atomic mass is 9.72. The molecule has 1 aliphatic carbocycles. The fourth-order valence-electron chi connectivity index (χ4n) is 8.80. The fraction of sp³-hybridized carbons (Fsp3) is 0.460. The van der Waals surface area contributed by atoms with Crippen LogP contribution >= 0.6 is 23.2 Å². The van der Waals surface area contributed by atoms with E-state index < -0.39 is 40.4 Å². The zero-order chi connectivity index (χ0) is 49.1. The van der Waals surface area contributed by atoms with Gasteiger partial charge in [-0.15, -0.1) is 0 Å². The highest BCUT2D eigenvalue weighted by Crippen LogP contribution is 2.44. The molecule has 2 fully saturated rings. The smallest absolute Gasteiger partial charge is 0.268 e. The Balaban J connectivity index is 1.03. The van der Waals surface area contributed by atoms with E-state index in [1.807, 2.05) is 12.1 Å². The topological polar surface area (TPSA) is 137 Å². The number of carbonyl (C=O) groups excluding carboxylic acids is 1. The number of fused-ring (bicyclic) bond motifs is 1. The maximum Gasteiger partial charge on any atom is 0.268 e. The number of alkyl halides is 1. The van der Waals surface area contributed by atoms with Gasteiger partial charge in [0, 0.05) is 102 Å². The molecule has 0 bridgehead atoms. The van der Waals surface area contributed by atoms with Gasteiger partial charge in [0.05, 0.1) is 28.9 Å². The van der Waals surface area contributed by atoms with Crippen molar-refractivity contribution in [1.82, 2.24) is 24.4 Å². The van der Waals surface area contributed by atoms with Gasteiger partial charge in [0.1, 0.15) is 46.2 Å². The van der Waals surface area contributed by atoms with E-state index in [-0.39, 0.29) is 72.8 Å². The van der Waals surface area contributed by atoms with E-state index in [0.717, 1.165) is 62.9 Å². The van der Waals surface area contributed by atoms with E-state index >= 15 is 8.78 Å². The van der Waals surface area contributed by atoms with E-state index in [4.69, 9.17) is 42.1 Å². The monoisotopic (exact) mass is 1020 g/mol. The number of anilines is 1. The van der Waals surface area contributed by atoms with Gasteiger partial charge < -0.3 is 23.8 Å². The maximum atomic E-state index is 15.5. The van der Waals surface area contributed by atoms with Gasteiger partial charge in [-0.25, -0.2) is 31.6 Å². The highest BCUT2D eigenvalue weighted by molar-refractivity contribution is 7.90. The van der Waals surface area contributed by atoms with Crippen LogP contribution in [0.15, 0.2) is 83.5 Å². The van der Waals surface area contributed by atoms with Crippen LogP contribution in [0.25, 0.3) is 16.5 Å². The largest absolute Gasteiger partial charge is 0.473 e. The molecule has 0 saturated carbocycles. The first-order valence-electron chi connectivity index (χ1n) is 23.3. The minimum absolute atomic E-state index is 0.00980. The minimum atomic E-state index is -4.58. The Morgan fingerprint density at radius 2 is 1.68 bits per heavy atom. The van der Waals surface area contributed by atoms with E-state index in [1.165, 1.54) is 34.9 Å². The van der Waals surface area contributed by atoms with Crippen molar-refractivity contribution < 1.29 is 40.9 Å². The average molecular weight is 1030 g/mol. The van der Waals surface area contributed by atoms with Crippen LogP contribution in [0.1, 0.15) is 61.9 Å². The summed E-state index contributed by atoms with van der Waals surface area (Å²) in [4.78, 5) is 22.4. The summed E-state index contributed by atoms with van der Waals surface area (Å²) in [7, 11) is -5.94. The second-order valence-electron chi connectivity index (χ2n) is 20.2. The molecule has 0 radical (unpaired) electrons. The molecule has 2 saturated heterocycles. The van der Waals surface area contributed by atoms with Crippen molar-refractivity contribution in [2.75, 3.05) is 64.1 Å². The van der Waals surface area contributed by atoms with Gasteiger partial charge in [0.15, 0.2) is 0 Å². The number of benzene rings is 3. The molecule has 370 valence electrons. The molecule has 0 spiro atoms. The Kier molecular flexibility index (Phi) is 15.4. The Morgan fingerprint density at radius 1 is 0.942 bits per heavy atom. The number of nitrogens with one attached hydrogen (secondary N) is 1. The lowest BCUT2D eigenvalue weighted by Gasteiger charge is -2.39. The van der Waals surface area contributed by atoms with Crippen LogP contribution in [0.2, 0.25) is 35.7 Å². The van der Waals surface area contributed by atoms with Crippen LogP contribution in [0.4, 0.5) is 14.5 Å². The summed E-state index contributed by atoms with van der Waals surface area (Å²) >= 11 is 12.7. The minimum Gasteiger partial charge on any atom is -0.473 e. The third-order valence-corrected chi connectivity index (χ3v) is 16.6. The van der Waals surface area contributed by atoms with Gasteiger partial charge >= 0.3 is 0 Å². The molecule has 8 rings (SSSR count). The Hall–Kier alpha value is -4.62. The molecular formula is C50H60Cl2F2N6O7SSi. The number of amides is 1. The summed E-state index contributed by atoms with van der Waals surface area (Å²) < 4.78 is 85.0. The summed E-state index contributed by atoms with van der Waals surface area (Å²) in [6.45, 7) is 15.9. The molecule has 5 aromatic rings. The average Bonchev–Trinajstić information content (AvgIpc) is 3.70. The molecule has 2 aromatic heterocycles. The third-order valence-electron chi connectivity index (χ3n) is 13.0. The fourth-order valence-corrected chi connectivity index (χ4v) is 10.9. The van der Waals surface area contributed by atoms with Gasteiger partial charge in [0.25, 0.3) is 15.9 Å². The first-order valence-corrected chi connectivity index (χ1v) is 29.3. The first-order chi connectivity index (χ1) is 32.7. The van der Waals surface area contributed by atoms with Crippen molar-refractivity contribution in [3.63, 3.8) is 0 Å². The number of allylic oxidation sites excluding steroid dienone is 1. The zero-order valence-corrected chi connectivity index (χ0v) is 43.1. The number of hydrogen-bond donors (Lipinski definition) is 1. The van der Waals surface area contributed by atoms with Crippen LogP contribution in [0.5, 0.6) is 17.4 Å². The predicted molar refractivity (Wildman–Crippen MR) is 268 cm³/mol. The molecule has 69 heavy (non-hydrogen) atoms. The molecule has 19 heteroatoms. The van der Waals surface area contributed by atoms with Gasteiger partial charge in [-0.05, 0) is 72.2 Å². The van der Waals surface area contributed by atoms with Crippen molar-refractivity contribution >= 4 is 69.4 Å². The second kappa shape index (κ2) is 21.0. The summed E-state index contributed by atoms with van der Waals surface area (Å²) in [6.07, 6.45) is 5.91. The number of aromatic nitrogens is 3. The quantitative estimate of drug-likeness (QED) is 0.0704. The lowest BCUT2D eigenvalue weighted by molar-refractivity contribution is -0.0331. The number of hydrogen-bond acceptors (Lipinski definition) is 11. The van der Waals surface area contributed by atoms with Gasteiger partial charge in [-0.1, -0.05) is 74.4 Å². The van der Waals surface area contributed by atoms with Crippen molar-refractivity contribution in [3.8, 4) is 17.4 Å². The number of halogens is 4. The van der Waals surface area contributed by atoms with E-state index in [1.54, 1.807) is 23.0 Å². The number of carbonyl (C=O) groups is 1. The summed E-state index contributed by atoms with van der Waals surface area (Å²) in [6, 6.07) is 17.6. The summed E-state index contributed by atoms with van der Waals surface area (Å²) in [5.74, 6) is -1.72. The zero-order valence-electron chi connectivity index (χ0n) is 39.8. The molecule has 3 aliphatic rings. The van der Waals surface area contributed by atoms with Gasteiger partial charge in [-0.2, -0.15) is 5.10 Å². The van der Waals surface area contributed by atoms with Crippen LogP contribution < -0.4 is 19.1 Å². The summed E-state index contributed by atoms with van der Waals surface area (Å²) in [5.41, 5.74) is 3.61.